The molecular weight excluding hydrogens is 268 g/mol. The number of phenolic OH excluding ortho intramolecular Hbond substituents is 1. The van der Waals surface area contributed by atoms with E-state index in [0.717, 1.165) is 11.1 Å². The summed E-state index contributed by atoms with van der Waals surface area (Å²) in [7, 11) is 0. The van der Waals surface area contributed by atoms with Gasteiger partial charge in [-0.3, -0.25) is 9.48 Å². The summed E-state index contributed by atoms with van der Waals surface area (Å²) in [5.74, 6) is 0.0123. The molecule has 2 aromatic rings. The quantitative estimate of drug-likeness (QED) is 0.725. The molecule has 112 valence electrons. The maximum atomic E-state index is 11.9. The summed E-state index contributed by atoms with van der Waals surface area (Å²) < 4.78 is 1.78. The van der Waals surface area contributed by atoms with E-state index in [9.17, 15) is 9.90 Å². The van der Waals surface area contributed by atoms with Crippen molar-refractivity contribution in [1.29, 1.82) is 0 Å². The molecule has 6 nitrogen and oxygen atoms in total. The molecule has 0 radical (unpaired) electrons. The number of carbonyl (C=O) groups excluding carboxylic acids is 1. The fraction of sp³-hybridized carbons (Fsp3) is 0.333. The van der Waals surface area contributed by atoms with Gasteiger partial charge in [-0.15, -0.1) is 0 Å². The first-order valence-electron chi connectivity index (χ1n) is 6.85. The van der Waals surface area contributed by atoms with Crippen LogP contribution in [-0.4, -0.2) is 33.4 Å². The molecule has 0 aliphatic rings. The van der Waals surface area contributed by atoms with E-state index in [4.69, 9.17) is 5.73 Å². The number of carbonyl (C=O) groups is 1. The van der Waals surface area contributed by atoms with E-state index in [1.807, 2.05) is 13.1 Å². The van der Waals surface area contributed by atoms with Crippen molar-refractivity contribution in [3.8, 4) is 5.75 Å². The van der Waals surface area contributed by atoms with Crippen LogP contribution in [-0.2, 0) is 17.8 Å². The summed E-state index contributed by atoms with van der Waals surface area (Å²) in [6.07, 6.45) is 4.13. The smallest absolute Gasteiger partial charge is 0.237 e. The van der Waals surface area contributed by atoms with Crippen molar-refractivity contribution in [1.82, 2.24) is 15.1 Å². The van der Waals surface area contributed by atoms with Gasteiger partial charge in [-0.2, -0.15) is 5.10 Å². The van der Waals surface area contributed by atoms with Gasteiger partial charge in [-0.25, -0.2) is 0 Å². The van der Waals surface area contributed by atoms with Gasteiger partial charge in [0.25, 0.3) is 0 Å². The van der Waals surface area contributed by atoms with Gasteiger partial charge in [0, 0.05) is 12.7 Å². The first-order chi connectivity index (χ1) is 10.0. The number of aryl methyl sites for hydroxylation is 1. The number of aromatic nitrogens is 2. The van der Waals surface area contributed by atoms with Crippen molar-refractivity contribution in [3.63, 3.8) is 0 Å². The third kappa shape index (κ3) is 4.61. The Labute approximate surface area is 123 Å². The van der Waals surface area contributed by atoms with Gasteiger partial charge in [0.2, 0.25) is 5.91 Å². The van der Waals surface area contributed by atoms with Gasteiger partial charge >= 0.3 is 0 Å². The van der Waals surface area contributed by atoms with Gasteiger partial charge in [-0.1, -0.05) is 12.1 Å². The van der Waals surface area contributed by atoms with Crippen molar-refractivity contribution in [2.24, 2.45) is 5.73 Å². The Morgan fingerprint density at radius 3 is 2.76 bits per heavy atom. The van der Waals surface area contributed by atoms with Crippen LogP contribution in [0, 0.1) is 6.92 Å². The normalized spacial score (nSPS) is 12.1. The van der Waals surface area contributed by atoms with E-state index in [1.54, 1.807) is 35.1 Å². The van der Waals surface area contributed by atoms with Crippen molar-refractivity contribution in [2.45, 2.75) is 25.9 Å². The number of nitrogens with zero attached hydrogens (tertiary/aromatic N) is 2. The van der Waals surface area contributed by atoms with E-state index in [0.29, 0.717) is 19.5 Å². The van der Waals surface area contributed by atoms with Crippen molar-refractivity contribution in [3.05, 3.63) is 47.8 Å². The number of aromatic hydroxyl groups is 1. The first-order valence-corrected chi connectivity index (χ1v) is 6.85. The highest BCUT2D eigenvalue weighted by Crippen LogP contribution is 2.10. The standard InChI is InChI=1S/C15H20N4O2/c1-11-9-18-19(10-11)7-6-17-15(21)14(16)8-12-2-4-13(20)5-3-12/h2-5,9-10,14,20H,6-8,16H2,1H3,(H,17,21)/t14-/m1/s1. The third-order valence-corrected chi connectivity index (χ3v) is 3.13. The molecule has 1 heterocycles. The minimum Gasteiger partial charge on any atom is -0.508 e. The molecule has 0 saturated heterocycles. The van der Waals surface area contributed by atoms with Gasteiger partial charge in [0.15, 0.2) is 0 Å². The number of hydrogen-bond donors (Lipinski definition) is 3. The maximum Gasteiger partial charge on any atom is 0.237 e. The number of phenols is 1. The Morgan fingerprint density at radius 2 is 2.14 bits per heavy atom. The molecule has 0 aliphatic heterocycles. The van der Waals surface area contributed by atoms with Crippen LogP contribution in [0.2, 0.25) is 0 Å². The molecule has 21 heavy (non-hydrogen) atoms. The number of hydrogen-bond acceptors (Lipinski definition) is 4. The summed E-state index contributed by atoms with van der Waals surface area (Å²) in [4.78, 5) is 11.9. The molecule has 4 N–H and O–H groups in total. The number of rotatable bonds is 6. The molecule has 2 rings (SSSR count). The summed E-state index contributed by atoms with van der Waals surface area (Å²) in [5, 5.41) is 16.1. The van der Waals surface area contributed by atoms with Gasteiger partial charge in [0.1, 0.15) is 5.75 Å². The number of nitrogens with one attached hydrogen (secondary N) is 1. The summed E-state index contributed by atoms with van der Waals surface area (Å²) >= 11 is 0. The third-order valence-electron chi connectivity index (χ3n) is 3.13. The number of benzene rings is 1. The molecule has 0 bridgehead atoms. The second-order valence-electron chi connectivity index (χ2n) is 5.05. The van der Waals surface area contributed by atoms with E-state index in [-0.39, 0.29) is 11.7 Å². The Morgan fingerprint density at radius 1 is 1.43 bits per heavy atom. The fourth-order valence-electron chi connectivity index (χ4n) is 1.99. The Kier molecular flexibility index (Phi) is 4.94. The second kappa shape index (κ2) is 6.90. The molecular formula is C15H20N4O2. The Balaban J connectivity index is 1.75. The minimum absolute atomic E-state index is 0.188. The molecule has 0 saturated carbocycles. The van der Waals surface area contributed by atoms with E-state index < -0.39 is 6.04 Å². The second-order valence-corrected chi connectivity index (χ2v) is 5.05. The molecule has 1 aromatic carbocycles. The van der Waals surface area contributed by atoms with Crippen LogP contribution in [0.15, 0.2) is 36.7 Å². The van der Waals surface area contributed by atoms with Crippen LogP contribution in [0.1, 0.15) is 11.1 Å². The zero-order valence-electron chi connectivity index (χ0n) is 12.0. The molecule has 0 unspecified atom stereocenters. The average molecular weight is 288 g/mol. The molecule has 0 spiro atoms. The SMILES string of the molecule is Cc1cnn(CCNC(=O)[C@H](N)Cc2ccc(O)cc2)c1. The molecule has 1 aromatic heterocycles. The first kappa shape index (κ1) is 15.1. The molecule has 1 atom stereocenters. The largest absolute Gasteiger partial charge is 0.508 e. The van der Waals surface area contributed by atoms with Crippen molar-refractivity contribution in [2.75, 3.05) is 6.54 Å². The van der Waals surface area contributed by atoms with Crippen LogP contribution < -0.4 is 11.1 Å². The van der Waals surface area contributed by atoms with Crippen molar-refractivity contribution < 1.29 is 9.90 Å². The number of amides is 1. The van der Waals surface area contributed by atoms with Crippen molar-refractivity contribution >= 4 is 5.91 Å². The lowest BCUT2D eigenvalue weighted by atomic mass is 10.1. The van der Waals surface area contributed by atoms with Crippen LogP contribution in [0.25, 0.3) is 0 Å². The zero-order chi connectivity index (χ0) is 15.2. The monoisotopic (exact) mass is 288 g/mol. The van der Waals surface area contributed by atoms with Gasteiger partial charge in [0.05, 0.1) is 18.8 Å². The Bertz CT molecular complexity index is 592. The molecule has 6 heteroatoms. The predicted octanol–water partition coefficient (Wildman–Crippen LogP) is 0.583. The summed E-state index contributed by atoms with van der Waals surface area (Å²) in [6.45, 7) is 3.07. The van der Waals surface area contributed by atoms with E-state index in [2.05, 4.69) is 10.4 Å². The molecule has 1 amide bonds. The molecule has 0 aliphatic carbocycles. The fourth-order valence-corrected chi connectivity index (χ4v) is 1.99. The van der Waals surface area contributed by atoms with Gasteiger partial charge in [-0.05, 0) is 36.6 Å². The van der Waals surface area contributed by atoms with Crippen LogP contribution in [0.3, 0.4) is 0 Å². The lowest BCUT2D eigenvalue weighted by Gasteiger charge is -2.12. The topological polar surface area (TPSA) is 93.2 Å². The average Bonchev–Trinajstić information content (AvgIpc) is 2.87. The lowest BCUT2D eigenvalue weighted by molar-refractivity contribution is -0.122. The highest BCUT2D eigenvalue weighted by Gasteiger charge is 2.13. The summed E-state index contributed by atoms with van der Waals surface area (Å²) in [6, 6.07) is 6.08. The zero-order valence-corrected chi connectivity index (χ0v) is 12.0. The minimum atomic E-state index is -0.603. The van der Waals surface area contributed by atoms with E-state index in [1.165, 1.54) is 0 Å². The maximum absolute atomic E-state index is 11.9. The number of nitrogens with two attached hydrogens (primary N) is 1. The van der Waals surface area contributed by atoms with Crippen LogP contribution in [0.4, 0.5) is 0 Å². The highest BCUT2D eigenvalue weighted by molar-refractivity contribution is 5.81. The highest BCUT2D eigenvalue weighted by atomic mass is 16.3. The Hall–Kier alpha value is -2.34. The van der Waals surface area contributed by atoms with Crippen LogP contribution in [0.5, 0.6) is 5.75 Å². The lowest BCUT2D eigenvalue weighted by Crippen LogP contribution is -2.43. The van der Waals surface area contributed by atoms with E-state index >= 15 is 0 Å². The summed E-state index contributed by atoms with van der Waals surface area (Å²) in [5.41, 5.74) is 7.88. The molecule has 0 fully saturated rings. The van der Waals surface area contributed by atoms with Crippen LogP contribution >= 0.6 is 0 Å². The predicted molar refractivity (Wildman–Crippen MR) is 79.8 cm³/mol. The van der Waals surface area contributed by atoms with Gasteiger partial charge < -0.3 is 16.2 Å².